The average molecular weight is 272 g/mol. The molecule has 1 aromatic heterocycles. The van der Waals surface area contributed by atoms with Gasteiger partial charge in [0.25, 0.3) is 0 Å². The van der Waals surface area contributed by atoms with Crippen molar-refractivity contribution in [2.45, 2.75) is 26.8 Å². The van der Waals surface area contributed by atoms with Gasteiger partial charge in [-0.2, -0.15) is 0 Å². The summed E-state index contributed by atoms with van der Waals surface area (Å²) in [7, 11) is 0. The molecule has 0 saturated carbocycles. The SMILES string of the molecule is CC(CN(c1cccc2cccnc12)C(C)C)C(=O)O. The third-order valence-corrected chi connectivity index (χ3v) is 3.44. The number of para-hydroxylation sites is 1. The maximum atomic E-state index is 11.1. The number of carboxylic acid groups (broad SMARTS) is 1. The van der Waals surface area contributed by atoms with Crippen molar-refractivity contribution in [1.29, 1.82) is 0 Å². The highest BCUT2D eigenvalue weighted by atomic mass is 16.4. The van der Waals surface area contributed by atoms with Crippen LogP contribution in [0.4, 0.5) is 5.69 Å². The number of fused-ring (bicyclic) bond motifs is 1. The summed E-state index contributed by atoms with van der Waals surface area (Å²) in [5, 5.41) is 10.2. The summed E-state index contributed by atoms with van der Waals surface area (Å²) >= 11 is 0. The van der Waals surface area contributed by atoms with E-state index in [1.807, 2.05) is 30.3 Å². The van der Waals surface area contributed by atoms with Crippen molar-refractivity contribution in [1.82, 2.24) is 4.98 Å². The molecule has 1 N–H and O–H groups in total. The van der Waals surface area contributed by atoms with Gasteiger partial charge in [-0.05, 0) is 26.0 Å². The first-order valence-electron chi connectivity index (χ1n) is 6.84. The zero-order valence-corrected chi connectivity index (χ0v) is 12.1. The van der Waals surface area contributed by atoms with E-state index in [1.165, 1.54) is 0 Å². The third-order valence-electron chi connectivity index (χ3n) is 3.44. The van der Waals surface area contributed by atoms with Gasteiger partial charge in [0.15, 0.2) is 0 Å². The number of aromatic nitrogens is 1. The zero-order chi connectivity index (χ0) is 14.7. The predicted molar refractivity (Wildman–Crippen MR) is 81.0 cm³/mol. The van der Waals surface area contributed by atoms with E-state index in [1.54, 1.807) is 13.1 Å². The van der Waals surface area contributed by atoms with Crippen LogP contribution in [0.2, 0.25) is 0 Å². The Labute approximate surface area is 119 Å². The number of carbonyl (C=O) groups is 1. The maximum Gasteiger partial charge on any atom is 0.308 e. The number of benzene rings is 1. The van der Waals surface area contributed by atoms with Crippen LogP contribution >= 0.6 is 0 Å². The third kappa shape index (κ3) is 2.90. The highest BCUT2D eigenvalue weighted by Gasteiger charge is 2.20. The first-order chi connectivity index (χ1) is 9.50. The first kappa shape index (κ1) is 14.3. The van der Waals surface area contributed by atoms with Crippen LogP contribution < -0.4 is 4.90 Å². The monoisotopic (exact) mass is 272 g/mol. The second-order valence-electron chi connectivity index (χ2n) is 5.34. The lowest BCUT2D eigenvalue weighted by molar-refractivity contribution is -0.140. The minimum atomic E-state index is -0.774. The van der Waals surface area contributed by atoms with Crippen molar-refractivity contribution in [2.75, 3.05) is 11.4 Å². The van der Waals surface area contributed by atoms with E-state index in [2.05, 4.69) is 23.7 Å². The Bertz CT molecular complexity index is 605. The Morgan fingerprint density at radius 2 is 1.95 bits per heavy atom. The molecule has 0 aliphatic rings. The lowest BCUT2D eigenvalue weighted by Gasteiger charge is -2.31. The number of hydrogen-bond acceptors (Lipinski definition) is 3. The van der Waals surface area contributed by atoms with Gasteiger partial charge in [0.05, 0.1) is 17.1 Å². The highest BCUT2D eigenvalue weighted by Crippen LogP contribution is 2.27. The number of aliphatic carboxylic acids is 1. The van der Waals surface area contributed by atoms with E-state index in [0.717, 1.165) is 16.6 Å². The normalized spacial score (nSPS) is 12.6. The summed E-state index contributed by atoms with van der Waals surface area (Å²) in [6.07, 6.45) is 1.77. The Kier molecular flexibility index (Phi) is 4.23. The lowest BCUT2D eigenvalue weighted by Crippen LogP contribution is -2.37. The smallest absolute Gasteiger partial charge is 0.308 e. The van der Waals surface area contributed by atoms with Gasteiger partial charge in [-0.3, -0.25) is 9.78 Å². The summed E-state index contributed by atoms with van der Waals surface area (Å²) < 4.78 is 0. The number of carboxylic acids is 1. The molecule has 0 aliphatic heterocycles. The Hall–Kier alpha value is -2.10. The van der Waals surface area contributed by atoms with E-state index < -0.39 is 11.9 Å². The van der Waals surface area contributed by atoms with E-state index in [-0.39, 0.29) is 6.04 Å². The van der Waals surface area contributed by atoms with Crippen molar-refractivity contribution in [3.63, 3.8) is 0 Å². The second-order valence-corrected chi connectivity index (χ2v) is 5.34. The van der Waals surface area contributed by atoms with Gasteiger partial charge >= 0.3 is 5.97 Å². The molecule has 2 rings (SSSR count). The molecule has 0 bridgehead atoms. The molecular weight excluding hydrogens is 252 g/mol. The molecule has 0 spiro atoms. The standard InChI is InChI=1S/C16H20N2O2/c1-11(2)18(10-12(3)16(19)20)14-8-4-6-13-7-5-9-17-15(13)14/h4-9,11-12H,10H2,1-3H3,(H,19,20). The fraction of sp³-hybridized carbons (Fsp3) is 0.375. The molecule has 1 heterocycles. The summed E-state index contributed by atoms with van der Waals surface area (Å²) in [6, 6.07) is 10.1. The van der Waals surface area contributed by atoms with Gasteiger partial charge in [0.2, 0.25) is 0 Å². The van der Waals surface area contributed by atoms with Crippen LogP contribution in [0.3, 0.4) is 0 Å². The molecule has 0 saturated heterocycles. The van der Waals surface area contributed by atoms with E-state index >= 15 is 0 Å². The van der Waals surface area contributed by atoms with E-state index in [4.69, 9.17) is 5.11 Å². The topological polar surface area (TPSA) is 53.4 Å². The molecule has 1 unspecified atom stereocenters. The van der Waals surface area contributed by atoms with Gasteiger partial charge < -0.3 is 10.0 Å². The summed E-state index contributed by atoms with van der Waals surface area (Å²) in [5.74, 6) is -1.19. The minimum absolute atomic E-state index is 0.212. The van der Waals surface area contributed by atoms with Gasteiger partial charge in [-0.1, -0.05) is 25.1 Å². The van der Waals surface area contributed by atoms with E-state index in [9.17, 15) is 4.79 Å². The van der Waals surface area contributed by atoms with E-state index in [0.29, 0.717) is 6.54 Å². The number of nitrogens with zero attached hydrogens (tertiary/aromatic N) is 2. The predicted octanol–water partition coefficient (Wildman–Crippen LogP) is 3.17. The Morgan fingerprint density at radius 3 is 2.60 bits per heavy atom. The van der Waals surface area contributed by atoms with Crippen LogP contribution in [-0.4, -0.2) is 28.6 Å². The average Bonchev–Trinajstić information content (AvgIpc) is 2.43. The molecule has 0 aliphatic carbocycles. The molecule has 4 heteroatoms. The Balaban J connectivity index is 2.44. The molecule has 0 fully saturated rings. The summed E-state index contributed by atoms with van der Waals surface area (Å²) in [4.78, 5) is 17.7. The molecule has 1 atom stereocenters. The van der Waals surface area contributed by atoms with Crippen molar-refractivity contribution in [2.24, 2.45) is 5.92 Å². The van der Waals surface area contributed by atoms with Crippen molar-refractivity contribution < 1.29 is 9.90 Å². The number of hydrogen-bond donors (Lipinski definition) is 1. The molecule has 0 amide bonds. The second kappa shape index (κ2) is 5.90. The van der Waals surface area contributed by atoms with Crippen LogP contribution in [0.25, 0.3) is 10.9 Å². The van der Waals surface area contributed by atoms with Gasteiger partial charge in [-0.25, -0.2) is 0 Å². The lowest BCUT2D eigenvalue weighted by atomic mass is 10.1. The van der Waals surface area contributed by atoms with Crippen molar-refractivity contribution in [3.8, 4) is 0 Å². The fourth-order valence-electron chi connectivity index (χ4n) is 2.28. The zero-order valence-electron chi connectivity index (χ0n) is 12.1. The van der Waals surface area contributed by atoms with Gasteiger partial charge in [0.1, 0.15) is 0 Å². The molecule has 20 heavy (non-hydrogen) atoms. The maximum absolute atomic E-state index is 11.1. The molecular formula is C16H20N2O2. The first-order valence-corrected chi connectivity index (χ1v) is 6.84. The summed E-state index contributed by atoms with van der Waals surface area (Å²) in [5.41, 5.74) is 1.91. The summed E-state index contributed by atoms with van der Waals surface area (Å²) in [6.45, 7) is 6.34. The highest BCUT2D eigenvalue weighted by molar-refractivity contribution is 5.91. The van der Waals surface area contributed by atoms with Crippen LogP contribution in [0.1, 0.15) is 20.8 Å². The Morgan fingerprint density at radius 1 is 1.25 bits per heavy atom. The van der Waals surface area contributed by atoms with Gasteiger partial charge in [-0.15, -0.1) is 0 Å². The van der Waals surface area contributed by atoms with Crippen LogP contribution in [0.5, 0.6) is 0 Å². The van der Waals surface area contributed by atoms with Crippen molar-refractivity contribution in [3.05, 3.63) is 36.5 Å². The molecule has 0 radical (unpaired) electrons. The van der Waals surface area contributed by atoms with Crippen LogP contribution in [0.15, 0.2) is 36.5 Å². The molecule has 4 nitrogen and oxygen atoms in total. The fourth-order valence-corrected chi connectivity index (χ4v) is 2.28. The molecule has 1 aromatic carbocycles. The quantitative estimate of drug-likeness (QED) is 0.908. The van der Waals surface area contributed by atoms with Crippen LogP contribution in [-0.2, 0) is 4.79 Å². The number of anilines is 1. The number of rotatable bonds is 5. The molecule has 106 valence electrons. The number of pyridine rings is 1. The van der Waals surface area contributed by atoms with Crippen LogP contribution in [0, 0.1) is 5.92 Å². The van der Waals surface area contributed by atoms with Crippen molar-refractivity contribution >= 4 is 22.6 Å². The largest absolute Gasteiger partial charge is 0.481 e. The van der Waals surface area contributed by atoms with Gasteiger partial charge in [0, 0.05) is 24.2 Å². The molecule has 2 aromatic rings. The minimum Gasteiger partial charge on any atom is -0.481 e.